The first-order chi connectivity index (χ1) is 11.2. The fourth-order valence-corrected chi connectivity index (χ4v) is 1.88. The zero-order valence-corrected chi connectivity index (χ0v) is 12.1. The zero-order chi connectivity index (χ0) is 16.1. The first-order valence-electron chi connectivity index (χ1n) is 6.91. The van der Waals surface area contributed by atoms with Crippen molar-refractivity contribution in [1.29, 1.82) is 0 Å². The molecule has 6 nitrogen and oxygen atoms in total. The molecule has 0 radical (unpaired) electrons. The van der Waals surface area contributed by atoms with Crippen LogP contribution in [0.15, 0.2) is 67.1 Å². The Kier molecular flexibility index (Phi) is 4.15. The highest BCUT2D eigenvalue weighted by atomic mass is 16.5. The number of anilines is 2. The highest BCUT2D eigenvalue weighted by Gasteiger charge is 2.06. The van der Waals surface area contributed by atoms with Crippen LogP contribution in [0.3, 0.4) is 0 Å². The number of hydrogen-bond donors (Lipinski definition) is 2. The second-order valence-electron chi connectivity index (χ2n) is 4.75. The maximum atomic E-state index is 12.1. The average Bonchev–Trinajstić information content (AvgIpc) is 2.58. The number of amides is 1. The maximum absolute atomic E-state index is 12.1. The molecule has 0 spiro atoms. The number of aromatic nitrogens is 2. The summed E-state index contributed by atoms with van der Waals surface area (Å²) in [7, 11) is 0. The molecule has 0 unspecified atom stereocenters. The van der Waals surface area contributed by atoms with E-state index in [-0.39, 0.29) is 5.91 Å². The summed E-state index contributed by atoms with van der Waals surface area (Å²) in [6, 6.07) is 13.6. The lowest BCUT2D eigenvalue weighted by atomic mass is 10.2. The summed E-state index contributed by atoms with van der Waals surface area (Å²) >= 11 is 0. The lowest BCUT2D eigenvalue weighted by Crippen LogP contribution is -2.12. The van der Waals surface area contributed by atoms with Gasteiger partial charge in [0, 0.05) is 23.5 Å². The summed E-state index contributed by atoms with van der Waals surface area (Å²) in [5.74, 6) is 0.787. The Labute approximate surface area is 133 Å². The molecule has 1 aromatic carbocycles. The van der Waals surface area contributed by atoms with Crippen LogP contribution in [-0.2, 0) is 0 Å². The third-order valence-corrected chi connectivity index (χ3v) is 3.02. The standard InChI is InChI=1S/C17H14N4O2/c18-13-5-3-12(4-6-13)17(22)21-14-7-8-16(20-10-14)23-15-2-1-9-19-11-15/h1-11H,18H2,(H,21,22). The number of ether oxygens (including phenoxy) is 1. The van der Waals surface area contributed by atoms with Crippen LogP contribution < -0.4 is 15.8 Å². The molecule has 0 saturated carbocycles. The molecule has 0 atom stereocenters. The molecule has 3 N–H and O–H groups in total. The Bertz CT molecular complexity index is 787. The van der Waals surface area contributed by atoms with Crippen molar-refractivity contribution >= 4 is 17.3 Å². The Morgan fingerprint density at radius 3 is 2.52 bits per heavy atom. The summed E-state index contributed by atoms with van der Waals surface area (Å²) in [5.41, 5.74) is 7.31. The van der Waals surface area contributed by atoms with E-state index >= 15 is 0 Å². The lowest BCUT2D eigenvalue weighted by molar-refractivity contribution is 0.102. The predicted molar refractivity (Wildman–Crippen MR) is 87.4 cm³/mol. The van der Waals surface area contributed by atoms with Crippen LogP contribution in [0, 0.1) is 0 Å². The van der Waals surface area contributed by atoms with Gasteiger partial charge in [0.1, 0.15) is 5.75 Å². The number of nitrogen functional groups attached to an aromatic ring is 1. The summed E-state index contributed by atoms with van der Waals surface area (Å²) in [5, 5.41) is 2.76. The van der Waals surface area contributed by atoms with Gasteiger partial charge in [-0.1, -0.05) is 0 Å². The number of rotatable bonds is 4. The highest BCUT2D eigenvalue weighted by molar-refractivity contribution is 6.04. The van der Waals surface area contributed by atoms with Gasteiger partial charge in [0.2, 0.25) is 5.88 Å². The summed E-state index contributed by atoms with van der Waals surface area (Å²) in [4.78, 5) is 20.2. The van der Waals surface area contributed by atoms with Gasteiger partial charge >= 0.3 is 0 Å². The Morgan fingerprint density at radius 2 is 1.87 bits per heavy atom. The van der Waals surface area contributed by atoms with E-state index in [2.05, 4.69) is 15.3 Å². The van der Waals surface area contributed by atoms with Gasteiger partial charge in [-0.2, -0.15) is 0 Å². The molecule has 114 valence electrons. The molecule has 3 aromatic rings. The number of nitrogens with zero attached hydrogens (tertiary/aromatic N) is 2. The van der Waals surface area contributed by atoms with Crippen LogP contribution in [0.1, 0.15) is 10.4 Å². The van der Waals surface area contributed by atoms with Crippen molar-refractivity contribution in [3.05, 3.63) is 72.7 Å². The van der Waals surface area contributed by atoms with E-state index in [0.717, 1.165) is 0 Å². The smallest absolute Gasteiger partial charge is 0.255 e. The Hall–Kier alpha value is -3.41. The molecule has 0 fully saturated rings. The van der Waals surface area contributed by atoms with Crippen molar-refractivity contribution < 1.29 is 9.53 Å². The summed E-state index contributed by atoms with van der Waals surface area (Å²) in [6.07, 6.45) is 4.79. The second-order valence-corrected chi connectivity index (χ2v) is 4.75. The van der Waals surface area contributed by atoms with Crippen molar-refractivity contribution in [3.8, 4) is 11.6 Å². The molecule has 23 heavy (non-hydrogen) atoms. The number of carbonyl (C=O) groups excluding carboxylic acids is 1. The second kappa shape index (κ2) is 6.57. The largest absolute Gasteiger partial charge is 0.437 e. The van der Waals surface area contributed by atoms with Gasteiger partial charge < -0.3 is 15.8 Å². The molecule has 6 heteroatoms. The average molecular weight is 306 g/mol. The number of nitrogens with two attached hydrogens (primary N) is 1. The van der Waals surface area contributed by atoms with E-state index in [0.29, 0.717) is 28.6 Å². The molecular weight excluding hydrogens is 292 g/mol. The molecule has 1 amide bonds. The highest BCUT2D eigenvalue weighted by Crippen LogP contribution is 2.19. The van der Waals surface area contributed by atoms with Crippen molar-refractivity contribution in [3.63, 3.8) is 0 Å². The van der Waals surface area contributed by atoms with Gasteiger partial charge in [-0.15, -0.1) is 0 Å². The number of carbonyl (C=O) groups is 1. The Morgan fingerprint density at radius 1 is 1.04 bits per heavy atom. The van der Waals surface area contributed by atoms with E-state index in [4.69, 9.17) is 10.5 Å². The van der Waals surface area contributed by atoms with E-state index in [1.54, 1.807) is 60.9 Å². The minimum Gasteiger partial charge on any atom is -0.437 e. The third kappa shape index (κ3) is 3.82. The predicted octanol–water partition coefficient (Wildman–Crippen LogP) is 3.10. The molecule has 2 heterocycles. The van der Waals surface area contributed by atoms with Crippen molar-refractivity contribution in [2.45, 2.75) is 0 Å². The van der Waals surface area contributed by atoms with Crippen LogP contribution in [0.2, 0.25) is 0 Å². The van der Waals surface area contributed by atoms with Crippen LogP contribution in [0.5, 0.6) is 11.6 Å². The Balaban J connectivity index is 1.65. The normalized spacial score (nSPS) is 10.1. The molecule has 0 aliphatic rings. The third-order valence-electron chi connectivity index (χ3n) is 3.02. The number of hydrogen-bond acceptors (Lipinski definition) is 5. The van der Waals surface area contributed by atoms with Crippen molar-refractivity contribution in [2.24, 2.45) is 0 Å². The van der Waals surface area contributed by atoms with E-state index in [9.17, 15) is 4.79 Å². The monoisotopic (exact) mass is 306 g/mol. The van der Waals surface area contributed by atoms with Crippen LogP contribution in [0.25, 0.3) is 0 Å². The van der Waals surface area contributed by atoms with Crippen molar-refractivity contribution in [2.75, 3.05) is 11.1 Å². The topological polar surface area (TPSA) is 90.1 Å². The summed E-state index contributed by atoms with van der Waals surface area (Å²) in [6.45, 7) is 0. The lowest BCUT2D eigenvalue weighted by Gasteiger charge is -2.07. The molecule has 2 aromatic heterocycles. The van der Waals surface area contributed by atoms with Crippen LogP contribution in [0.4, 0.5) is 11.4 Å². The van der Waals surface area contributed by atoms with Gasteiger partial charge in [-0.3, -0.25) is 9.78 Å². The van der Waals surface area contributed by atoms with Gasteiger partial charge in [-0.25, -0.2) is 4.98 Å². The first kappa shape index (κ1) is 14.5. The fourth-order valence-electron chi connectivity index (χ4n) is 1.88. The van der Waals surface area contributed by atoms with Gasteiger partial charge in [0.05, 0.1) is 18.1 Å². The van der Waals surface area contributed by atoms with Gasteiger partial charge in [0.25, 0.3) is 5.91 Å². The fraction of sp³-hybridized carbons (Fsp3) is 0. The first-order valence-corrected chi connectivity index (χ1v) is 6.91. The van der Waals surface area contributed by atoms with E-state index in [1.165, 1.54) is 6.20 Å². The number of benzene rings is 1. The molecule has 0 saturated heterocycles. The van der Waals surface area contributed by atoms with Crippen molar-refractivity contribution in [1.82, 2.24) is 9.97 Å². The zero-order valence-electron chi connectivity index (χ0n) is 12.1. The van der Waals surface area contributed by atoms with Crippen LogP contribution >= 0.6 is 0 Å². The quantitative estimate of drug-likeness (QED) is 0.723. The maximum Gasteiger partial charge on any atom is 0.255 e. The molecule has 3 rings (SSSR count). The minimum atomic E-state index is -0.229. The molecule has 0 aliphatic carbocycles. The van der Waals surface area contributed by atoms with E-state index < -0.39 is 0 Å². The minimum absolute atomic E-state index is 0.229. The van der Waals surface area contributed by atoms with Gasteiger partial charge in [0.15, 0.2) is 0 Å². The molecule has 0 aliphatic heterocycles. The SMILES string of the molecule is Nc1ccc(C(=O)Nc2ccc(Oc3cccnc3)nc2)cc1. The number of nitrogens with one attached hydrogen (secondary N) is 1. The summed E-state index contributed by atoms with van der Waals surface area (Å²) < 4.78 is 5.54. The molecule has 0 bridgehead atoms. The molecular formula is C17H14N4O2. The van der Waals surface area contributed by atoms with Crippen LogP contribution in [-0.4, -0.2) is 15.9 Å². The number of pyridine rings is 2. The van der Waals surface area contributed by atoms with Gasteiger partial charge in [-0.05, 0) is 42.5 Å². The van der Waals surface area contributed by atoms with E-state index in [1.807, 2.05) is 0 Å².